The van der Waals surface area contributed by atoms with E-state index >= 15 is 0 Å². The van der Waals surface area contributed by atoms with Crippen LogP contribution in [0.3, 0.4) is 0 Å². The lowest BCUT2D eigenvalue weighted by molar-refractivity contribution is -0.132. The van der Waals surface area contributed by atoms with Crippen LogP contribution >= 0.6 is 12.4 Å². The first-order valence-corrected chi connectivity index (χ1v) is 6.54. The molecular weight excluding hydrogens is 260 g/mol. The first-order chi connectivity index (χ1) is 8.45. The molecule has 0 saturated carbocycles. The highest BCUT2D eigenvalue weighted by atomic mass is 35.5. The summed E-state index contributed by atoms with van der Waals surface area (Å²) in [7, 11) is 1.80. The summed E-state index contributed by atoms with van der Waals surface area (Å²) in [5.41, 5.74) is 8.32. The molecule has 0 spiro atoms. The van der Waals surface area contributed by atoms with E-state index in [-0.39, 0.29) is 24.2 Å². The lowest BCUT2D eigenvalue weighted by atomic mass is 10.0. The Labute approximate surface area is 122 Å². The molecule has 0 aliphatic carbocycles. The Morgan fingerprint density at radius 3 is 2.11 bits per heavy atom. The highest BCUT2D eigenvalue weighted by molar-refractivity contribution is 5.85. The summed E-state index contributed by atoms with van der Waals surface area (Å²) < 4.78 is 0. The van der Waals surface area contributed by atoms with Gasteiger partial charge in [-0.25, -0.2) is 0 Å². The van der Waals surface area contributed by atoms with Crippen LogP contribution < -0.4 is 5.73 Å². The smallest absolute Gasteiger partial charge is 0.239 e. The van der Waals surface area contributed by atoms with E-state index in [1.165, 1.54) is 5.56 Å². The zero-order valence-corrected chi connectivity index (χ0v) is 13.0. The average molecular weight is 285 g/mol. The normalized spacial score (nSPS) is 11.9. The van der Waals surface area contributed by atoms with Gasteiger partial charge in [-0.15, -0.1) is 12.4 Å². The Bertz CT molecular complexity index is 390. The first-order valence-electron chi connectivity index (χ1n) is 6.54. The number of carbonyl (C=O) groups excluding carboxylic acids is 1. The second-order valence-electron chi connectivity index (χ2n) is 5.13. The average Bonchev–Trinajstić information content (AvgIpc) is 2.37. The molecule has 0 radical (unpaired) electrons. The summed E-state index contributed by atoms with van der Waals surface area (Å²) in [6, 6.07) is 7.95. The molecule has 1 rings (SSSR count). The van der Waals surface area contributed by atoms with Crippen LogP contribution in [-0.2, 0) is 17.8 Å². The highest BCUT2D eigenvalue weighted by Gasteiger charge is 2.20. The van der Waals surface area contributed by atoms with Crippen molar-refractivity contribution in [2.45, 2.75) is 39.8 Å². The zero-order chi connectivity index (χ0) is 13.7. The number of nitrogens with two attached hydrogens (primary N) is 1. The fourth-order valence-corrected chi connectivity index (χ4v) is 1.77. The molecule has 0 aliphatic rings. The van der Waals surface area contributed by atoms with E-state index in [9.17, 15) is 4.79 Å². The number of benzene rings is 1. The van der Waals surface area contributed by atoms with E-state index in [0.29, 0.717) is 6.54 Å². The molecule has 3 nitrogen and oxygen atoms in total. The number of hydrogen-bond donors (Lipinski definition) is 1. The number of amides is 1. The minimum absolute atomic E-state index is 0. The van der Waals surface area contributed by atoms with Crippen LogP contribution in [-0.4, -0.2) is 23.9 Å². The number of aryl methyl sites for hydroxylation is 1. The number of hydrogen-bond acceptors (Lipinski definition) is 2. The summed E-state index contributed by atoms with van der Waals surface area (Å²) >= 11 is 0. The van der Waals surface area contributed by atoms with Gasteiger partial charge >= 0.3 is 0 Å². The van der Waals surface area contributed by atoms with Crippen LogP contribution in [0.15, 0.2) is 24.3 Å². The van der Waals surface area contributed by atoms with Crippen LogP contribution in [0.2, 0.25) is 0 Å². The molecule has 0 heterocycles. The Morgan fingerprint density at radius 2 is 1.68 bits per heavy atom. The number of halogens is 1. The van der Waals surface area contributed by atoms with Crippen LogP contribution in [0.5, 0.6) is 0 Å². The number of rotatable bonds is 5. The third kappa shape index (κ3) is 5.21. The SMILES string of the molecule is CCc1ccc(CN(C)C(=O)C(N)C(C)C)cc1.Cl. The number of carbonyl (C=O) groups is 1. The largest absolute Gasteiger partial charge is 0.340 e. The van der Waals surface area contributed by atoms with E-state index in [1.807, 2.05) is 13.8 Å². The van der Waals surface area contributed by atoms with Crippen molar-refractivity contribution in [3.63, 3.8) is 0 Å². The van der Waals surface area contributed by atoms with Crippen LogP contribution in [0.1, 0.15) is 31.9 Å². The van der Waals surface area contributed by atoms with Crippen molar-refractivity contribution in [1.29, 1.82) is 0 Å². The van der Waals surface area contributed by atoms with Gasteiger partial charge in [-0.2, -0.15) is 0 Å². The Hall–Kier alpha value is -1.06. The van der Waals surface area contributed by atoms with Crippen LogP contribution in [0, 0.1) is 5.92 Å². The predicted octanol–water partition coefficient (Wildman–Crippen LogP) is 2.61. The molecule has 2 N–H and O–H groups in total. The lowest BCUT2D eigenvalue weighted by Gasteiger charge is -2.23. The molecular formula is C15H25ClN2O. The molecule has 4 heteroatoms. The predicted molar refractivity (Wildman–Crippen MR) is 82.4 cm³/mol. The lowest BCUT2D eigenvalue weighted by Crippen LogP contribution is -2.44. The maximum atomic E-state index is 12.0. The summed E-state index contributed by atoms with van der Waals surface area (Å²) in [5.74, 6) is 0.173. The Balaban J connectivity index is 0.00000324. The van der Waals surface area contributed by atoms with Crippen molar-refractivity contribution in [2.24, 2.45) is 11.7 Å². The van der Waals surface area contributed by atoms with Gasteiger partial charge in [-0.05, 0) is 23.5 Å². The van der Waals surface area contributed by atoms with Crippen LogP contribution in [0.4, 0.5) is 0 Å². The molecule has 108 valence electrons. The fraction of sp³-hybridized carbons (Fsp3) is 0.533. The molecule has 0 fully saturated rings. The Kier molecular flexibility index (Phi) is 7.72. The monoisotopic (exact) mass is 284 g/mol. The van der Waals surface area contributed by atoms with Crippen molar-refractivity contribution < 1.29 is 4.79 Å². The summed E-state index contributed by atoms with van der Waals surface area (Å²) in [6.07, 6.45) is 1.03. The highest BCUT2D eigenvalue weighted by Crippen LogP contribution is 2.09. The second-order valence-corrected chi connectivity index (χ2v) is 5.13. The standard InChI is InChI=1S/C15H24N2O.ClH/c1-5-12-6-8-13(9-7-12)10-17(4)15(18)14(16)11(2)3;/h6-9,11,14H,5,10,16H2,1-4H3;1H. The minimum Gasteiger partial charge on any atom is -0.340 e. The van der Waals surface area contributed by atoms with Gasteiger partial charge in [0.15, 0.2) is 0 Å². The van der Waals surface area contributed by atoms with Gasteiger partial charge in [0.25, 0.3) is 0 Å². The molecule has 0 bridgehead atoms. The fourth-order valence-electron chi connectivity index (χ4n) is 1.77. The molecule has 1 aromatic rings. The molecule has 0 aromatic heterocycles. The molecule has 0 saturated heterocycles. The summed E-state index contributed by atoms with van der Waals surface area (Å²) in [6.45, 7) is 6.68. The van der Waals surface area contributed by atoms with Gasteiger partial charge in [0.05, 0.1) is 6.04 Å². The third-order valence-corrected chi connectivity index (χ3v) is 3.23. The maximum Gasteiger partial charge on any atom is 0.239 e. The van der Waals surface area contributed by atoms with E-state index in [0.717, 1.165) is 12.0 Å². The van der Waals surface area contributed by atoms with Gasteiger partial charge in [0.2, 0.25) is 5.91 Å². The number of nitrogens with zero attached hydrogens (tertiary/aromatic N) is 1. The van der Waals surface area contributed by atoms with Gasteiger partial charge < -0.3 is 10.6 Å². The van der Waals surface area contributed by atoms with Crippen molar-refractivity contribution in [2.75, 3.05) is 7.05 Å². The van der Waals surface area contributed by atoms with E-state index < -0.39 is 6.04 Å². The topological polar surface area (TPSA) is 46.3 Å². The molecule has 1 aromatic carbocycles. The Morgan fingerprint density at radius 1 is 1.21 bits per heavy atom. The maximum absolute atomic E-state index is 12.0. The first kappa shape index (κ1) is 17.9. The molecule has 1 amide bonds. The number of likely N-dealkylation sites (N-methyl/N-ethyl adjacent to an activating group) is 1. The molecule has 0 aliphatic heterocycles. The molecule has 1 unspecified atom stereocenters. The van der Waals surface area contributed by atoms with Crippen LogP contribution in [0.25, 0.3) is 0 Å². The third-order valence-electron chi connectivity index (χ3n) is 3.23. The van der Waals surface area contributed by atoms with E-state index in [1.54, 1.807) is 11.9 Å². The summed E-state index contributed by atoms with van der Waals surface area (Å²) in [5, 5.41) is 0. The van der Waals surface area contributed by atoms with Crippen molar-refractivity contribution in [3.05, 3.63) is 35.4 Å². The second kappa shape index (κ2) is 8.18. The minimum atomic E-state index is -0.412. The van der Waals surface area contributed by atoms with Gasteiger partial charge in [-0.3, -0.25) is 4.79 Å². The van der Waals surface area contributed by atoms with E-state index in [2.05, 4.69) is 31.2 Å². The molecule has 1 atom stereocenters. The van der Waals surface area contributed by atoms with Gasteiger partial charge in [0.1, 0.15) is 0 Å². The quantitative estimate of drug-likeness (QED) is 0.903. The molecule has 19 heavy (non-hydrogen) atoms. The summed E-state index contributed by atoms with van der Waals surface area (Å²) in [4.78, 5) is 13.7. The van der Waals surface area contributed by atoms with Gasteiger partial charge in [0, 0.05) is 13.6 Å². The van der Waals surface area contributed by atoms with Crippen molar-refractivity contribution >= 4 is 18.3 Å². The van der Waals surface area contributed by atoms with Gasteiger partial charge in [-0.1, -0.05) is 45.0 Å². The van der Waals surface area contributed by atoms with Crippen molar-refractivity contribution in [3.8, 4) is 0 Å². The zero-order valence-electron chi connectivity index (χ0n) is 12.2. The van der Waals surface area contributed by atoms with Crippen molar-refractivity contribution in [1.82, 2.24) is 4.90 Å². The van der Waals surface area contributed by atoms with E-state index in [4.69, 9.17) is 5.73 Å².